The van der Waals surface area contributed by atoms with Crippen molar-refractivity contribution in [3.05, 3.63) is 188 Å². The van der Waals surface area contributed by atoms with Gasteiger partial charge in [0.25, 0.3) is 27.8 Å². The van der Waals surface area contributed by atoms with Gasteiger partial charge in [0.2, 0.25) is 5.88 Å². The number of pyridine rings is 2. The number of nitrogens with one attached hydrogen (secondary N) is 8. The highest BCUT2D eigenvalue weighted by molar-refractivity contribution is 5.81. The molecule has 21 nitrogen and oxygen atoms in total. The second-order valence-corrected chi connectivity index (χ2v) is 31.0. The maximum Gasteiger partial charge on any atom is 0.325 e. The van der Waals surface area contributed by atoms with Crippen LogP contribution in [0.25, 0.3) is 0 Å². The molecule has 2 amide bonds. The topological polar surface area (TPSA) is 345 Å². The Labute approximate surface area is 550 Å². The van der Waals surface area contributed by atoms with Crippen molar-refractivity contribution in [2.75, 3.05) is 0 Å². The van der Waals surface area contributed by atoms with E-state index in [0.717, 1.165) is 67.3 Å². The van der Waals surface area contributed by atoms with E-state index in [1.54, 1.807) is 33.8 Å². The van der Waals surface area contributed by atoms with Crippen molar-refractivity contribution >= 4 is 6.03 Å². The van der Waals surface area contributed by atoms with Gasteiger partial charge in [0, 0.05) is 73.2 Å². The first-order valence-electron chi connectivity index (χ1n) is 31.0. The molecule has 516 valence electrons. The Hall–Kier alpha value is -8.49. The molecule has 0 spiro atoms. The van der Waals surface area contributed by atoms with Gasteiger partial charge in [0.05, 0.1) is 11.4 Å². The number of H-pyrrole nitrogens is 6. The van der Waals surface area contributed by atoms with Crippen molar-refractivity contribution in [2.24, 2.45) is 5.41 Å². The van der Waals surface area contributed by atoms with Gasteiger partial charge in [0.15, 0.2) is 5.88 Å². The smallest absolute Gasteiger partial charge is 0.325 e. The summed E-state index contributed by atoms with van der Waals surface area (Å²) >= 11 is 0. The van der Waals surface area contributed by atoms with Gasteiger partial charge >= 0.3 is 11.7 Å². The molecule has 7 rings (SSSR count). The third-order valence-electron chi connectivity index (χ3n) is 14.9. The summed E-state index contributed by atoms with van der Waals surface area (Å²) in [6.07, 6.45) is 0. The van der Waals surface area contributed by atoms with E-state index >= 15 is 0 Å². The van der Waals surface area contributed by atoms with Gasteiger partial charge < -0.3 is 46.0 Å². The first-order valence-corrected chi connectivity index (χ1v) is 31.0. The molecule has 0 saturated heterocycles. The molecule has 0 bridgehead atoms. The van der Waals surface area contributed by atoms with Gasteiger partial charge in [-0.3, -0.25) is 43.9 Å². The zero-order valence-corrected chi connectivity index (χ0v) is 61.9. The molecule has 5 aromatic heterocycles. The number of carbonyl (C=O) groups excluding carboxylic acids is 1. The van der Waals surface area contributed by atoms with Crippen molar-refractivity contribution in [2.45, 2.75) is 254 Å². The van der Waals surface area contributed by atoms with E-state index in [9.17, 15) is 54.0 Å². The highest BCUT2D eigenvalue weighted by Gasteiger charge is 2.29. The van der Waals surface area contributed by atoms with Crippen LogP contribution in [0.4, 0.5) is 4.79 Å². The van der Waals surface area contributed by atoms with Gasteiger partial charge in [-0.25, -0.2) is 14.6 Å². The summed E-state index contributed by atoms with van der Waals surface area (Å²) in [4.78, 5) is 103. The summed E-state index contributed by atoms with van der Waals surface area (Å²) < 4.78 is 0. The highest BCUT2D eigenvalue weighted by Crippen LogP contribution is 2.37. The van der Waals surface area contributed by atoms with Crippen LogP contribution in [0.15, 0.2) is 64.4 Å². The third-order valence-corrected chi connectivity index (χ3v) is 14.9. The van der Waals surface area contributed by atoms with Crippen molar-refractivity contribution in [3.63, 3.8) is 0 Å². The van der Waals surface area contributed by atoms with Gasteiger partial charge in [-0.15, -0.1) is 0 Å². The third kappa shape index (κ3) is 23.5. The maximum absolute atomic E-state index is 11.6. The van der Waals surface area contributed by atoms with Gasteiger partial charge in [-0.05, 0) is 137 Å². The van der Waals surface area contributed by atoms with Crippen LogP contribution < -0.4 is 44.1 Å². The number of hydrogen-bond acceptors (Lipinski definition) is 13. The van der Waals surface area contributed by atoms with Crippen LogP contribution in [-0.4, -0.2) is 66.3 Å². The lowest BCUT2D eigenvalue weighted by Crippen LogP contribution is -2.41. The average Bonchev–Trinajstić information content (AvgIpc) is 0.834. The zero-order chi connectivity index (χ0) is 73.3. The molecule has 0 atom stereocenters. The van der Waals surface area contributed by atoms with Crippen molar-refractivity contribution in [1.82, 2.24) is 50.5 Å². The number of rotatable bonds is 0. The number of aromatic amines is 6. The first kappa shape index (κ1) is 82.5. The minimum Gasteiger partial charge on any atom is -0.508 e. The molecule has 93 heavy (non-hydrogen) atoms. The predicted octanol–water partition coefficient (Wildman–Crippen LogP) is 12.9. The Morgan fingerprint density at radius 3 is 1.20 bits per heavy atom. The van der Waals surface area contributed by atoms with Gasteiger partial charge in [-0.1, -0.05) is 152 Å². The summed E-state index contributed by atoms with van der Waals surface area (Å²) in [5, 5.41) is 42.9. The fourth-order valence-electron chi connectivity index (χ4n) is 11.1. The number of nitrogens with zero attached hydrogens (tertiary/aromatic N) is 2. The molecular weight excluding hydrogens is 1180 g/mol. The van der Waals surface area contributed by atoms with Crippen LogP contribution in [-0.2, 0) is 32.5 Å². The van der Waals surface area contributed by atoms with Crippen molar-refractivity contribution in [1.29, 1.82) is 0 Å². The summed E-state index contributed by atoms with van der Waals surface area (Å²) in [7, 11) is 0. The Morgan fingerprint density at radius 1 is 0.366 bits per heavy atom. The van der Waals surface area contributed by atoms with Crippen LogP contribution in [0.3, 0.4) is 0 Å². The molecule has 0 unspecified atom stereocenters. The number of aryl methyl sites for hydroxylation is 6. The first-order chi connectivity index (χ1) is 41.6. The standard InChI is InChI=1S/C12H19NO.C11H17NO2.C11H16O2.2C10H16N2O.2C9H14N2O2/c1-7-8(2)11(14)13-9(3)10(7)12(4,5)6;1-6-7(2)9(13)12-10(14)8(6)11(3,4)5;1-7-5-8(12)6-9(13)10(7)11(2,3)4;1-6-8(10(3,4)5)11-7(2)9(13)12-6;1-6-8(10(3,4)5)7(2)12-9(13)11-6;1-5-7(12)11-8(13)6(10-5)9(2,3)4;1-5-6(9(2,3)4)7(12)11-8(13)10-5/h1-6H3,(H,13,14);1-5H3,(H2,12,13,14);5-6,12-13H,1-4H3;1-5H3,(H,12,13);1H2,2-5H3,(H2,11,12,13);1-4H3,(H2,11,12,13);1-4H3,(H2,10,11,12,13). The number of phenolic OH excluding ortho intramolecular Hbond substituents is 2. The van der Waals surface area contributed by atoms with Gasteiger partial charge in [-0.2, -0.15) is 0 Å². The number of aromatic hydroxyl groups is 4. The lowest BCUT2D eigenvalue weighted by molar-refractivity contribution is 0.243. The van der Waals surface area contributed by atoms with Crippen LogP contribution in [0, 0.1) is 74.7 Å². The lowest BCUT2D eigenvalue weighted by atomic mass is 9.82. The average molecular weight is 1290 g/mol. The monoisotopic (exact) mass is 1290 g/mol. The fraction of sp³-hybridized carbons (Fsp3) is 0.542. The summed E-state index contributed by atoms with van der Waals surface area (Å²) in [5.41, 5.74) is 13.5. The molecule has 0 fully saturated rings. The lowest BCUT2D eigenvalue weighted by Gasteiger charge is -2.31. The molecule has 1 aliphatic heterocycles. The highest BCUT2D eigenvalue weighted by atomic mass is 16.3. The number of urea groups is 1. The van der Waals surface area contributed by atoms with Crippen molar-refractivity contribution in [3.8, 4) is 23.3 Å². The fourth-order valence-corrected chi connectivity index (χ4v) is 11.1. The molecule has 0 radical (unpaired) electrons. The molecule has 6 aromatic rings. The van der Waals surface area contributed by atoms with E-state index < -0.39 is 5.69 Å². The molecular formula is C72H112N10O11. The quantitative estimate of drug-likeness (QED) is 0.0674. The SMILES string of the molecule is C=C1NC(=O)NC(C)=C1C(C)(C)C.Cc1[nH]c(=O)[nH]c(=O)c1C(C)(C)C.Cc1[nH]c(=O)c(C)c(C)c1C(C)(C)C.Cc1[nH]c(=O)c(C)nc1C(C)(C)C.Cc1c(O)[nH]c(=O)c(C(C)(C)C)c1C.Cc1cc(O)cc(O)c1C(C)(C)C.Cc1nc(C(C)(C)C)c(=O)[nH]c1O. The Morgan fingerprint density at radius 2 is 0.785 bits per heavy atom. The number of phenols is 2. The van der Waals surface area contributed by atoms with E-state index in [1.807, 2.05) is 132 Å². The van der Waals surface area contributed by atoms with E-state index in [2.05, 4.69) is 119 Å². The summed E-state index contributed by atoms with van der Waals surface area (Å²) in [6.45, 7) is 66.8. The van der Waals surface area contributed by atoms with Gasteiger partial charge in [0.1, 0.15) is 22.9 Å². The molecule has 1 aliphatic rings. The number of benzene rings is 1. The number of aromatic nitrogens is 8. The zero-order valence-electron chi connectivity index (χ0n) is 61.9. The molecule has 1 aromatic carbocycles. The van der Waals surface area contributed by atoms with Crippen LogP contribution >= 0.6 is 0 Å². The second kappa shape index (κ2) is 31.0. The molecule has 21 heteroatoms. The maximum atomic E-state index is 11.6. The number of hydrogen-bond donors (Lipinski definition) is 12. The van der Waals surface area contributed by atoms with E-state index in [-0.39, 0.29) is 95.0 Å². The minimum absolute atomic E-state index is 0.00185. The van der Waals surface area contributed by atoms with E-state index in [0.29, 0.717) is 34.0 Å². The molecule has 0 aliphatic carbocycles. The second-order valence-electron chi connectivity index (χ2n) is 31.0. The number of carbonyl (C=O) groups is 1. The predicted molar refractivity (Wildman–Crippen MR) is 377 cm³/mol. The van der Waals surface area contributed by atoms with Crippen LogP contribution in [0.2, 0.25) is 0 Å². The van der Waals surface area contributed by atoms with E-state index in [1.165, 1.54) is 11.6 Å². The largest absolute Gasteiger partial charge is 0.508 e. The summed E-state index contributed by atoms with van der Waals surface area (Å²) in [6, 6.07) is 2.85. The normalized spacial score (nSPS) is 12.7. The molecule has 6 heterocycles. The Balaban J connectivity index is 0.000000543. The van der Waals surface area contributed by atoms with Crippen molar-refractivity contribution < 1.29 is 25.2 Å². The Kier molecular flexibility index (Phi) is 27.5. The Bertz CT molecular complexity index is 4060. The summed E-state index contributed by atoms with van der Waals surface area (Å²) in [5.74, 6) is 0.103. The molecule has 0 saturated carbocycles. The number of allylic oxidation sites excluding steroid dienone is 2. The minimum atomic E-state index is -0.449. The van der Waals surface area contributed by atoms with Crippen LogP contribution in [0.1, 0.15) is 242 Å². The molecule has 12 N–H and O–H groups in total. The number of amides is 2. The van der Waals surface area contributed by atoms with Crippen LogP contribution in [0.5, 0.6) is 23.3 Å². The van der Waals surface area contributed by atoms with E-state index in [4.69, 9.17) is 0 Å².